The van der Waals surface area contributed by atoms with Crippen molar-refractivity contribution >= 4 is 17.3 Å². The van der Waals surface area contributed by atoms with E-state index in [1.807, 2.05) is 18.2 Å². The number of nitro benzene ring substituents is 1. The van der Waals surface area contributed by atoms with E-state index >= 15 is 0 Å². The number of halogens is 1. The number of nitro groups is 1. The minimum absolute atomic E-state index is 0.00385. The van der Waals surface area contributed by atoms with Gasteiger partial charge in [-0.25, -0.2) is 9.97 Å². The van der Waals surface area contributed by atoms with Gasteiger partial charge in [-0.2, -0.15) is 0 Å². The monoisotopic (exact) mass is 353 g/mol. The molecule has 25 heavy (non-hydrogen) atoms. The van der Waals surface area contributed by atoms with Crippen LogP contribution in [0.3, 0.4) is 0 Å². The quantitative estimate of drug-likeness (QED) is 0.360. The molecule has 0 bridgehead atoms. The van der Waals surface area contributed by atoms with Crippen molar-refractivity contribution < 1.29 is 4.92 Å². The summed E-state index contributed by atoms with van der Waals surface area (Å²) in [6, 6.07) is 16.5. The van der Waals surface area contributed by atoms with E-state index in [1.165, 1.54) is 17.7 Å². The van der Waals surface area contributed by atoms with Gasteiger partial charge in [-0.3, -0.25) is 10.1 Å². The molecule has 1 aromatic heterocycles. The summed E-state index contributed by atoms with van der Waals surface area (Å²) in [4.78, 5) is 19.1. The van der Waals surface area contributed by atoms with Gasteiger partial charge in [0, 0.05) is 29.5 Å². The average Bonchev–Trinajstić information content (AvgIpc) is 2.64. The zero-order valence-corrected chi connectivity index (χ0v) is 14.2. The fourth-order valence-electron chi connectivity index (χ4n) is 2.58. The molecule has 1 heterocycles. The number of benzene rings is 2. The van der Waals surface area contributed by atoms with Crippen LogP contribution in [0.4, 0.5) is 5.69 Å². The summed E-state index contributed by atoms with van der Waals surface area (Å²) in [5.41, 5.74) is 2.75. The minimum Gasteiger partial charge on any atom is -0.258 e. The second kappa shape index (κ2) is 7.85. The molecule has 0 radical (unpaired) electrons. The van der Waals surface area contributed by atoms with E-state index in [0.717, 1.165) is 24.8 Å². The molecule has 126 valence electrons. The van der Waals surface area contributed by atoms with Crippen LogP contribution >= 0.6 is 11.6 Å². The van der Waals surface area contributed by atoms with E-state index in [9.17, 15) is 10.1 Å². The Kier molecular flexibility index (Phi) is 5.36. The van der Waals surface area contributed by atoms with Gasteiger partial charge in [0.25, 0.3) is 5.69 Å². The largest absolute Gasteiger partial charge is 0.270 e. The van der Waals surface area contributed by atoms with Crippen LogP contribution in [0.2, 0.25) is 5.15 Å². The lowest BCUT2D eigenvalue weighted by Crippen LogP contribution is -1.97. The van der Waals surface area contributed by atoms with Gasteiger partial charge in [0.2, 0.25) is 0 Å². The molecule has 0 atom stereocenters. The lowest BCUT2D eigenvalue weighted by molar-refractivity contribution is -0.384. The third kappa shape index (κ3) is 4.39. The molecule has 0 saturated heterocycles. The smallest absolute Gasteiger partial charge is 0.258 e. The fraction of sp³-hybridized carbons (Fsp3) is 0.158. The Morgan fingerprint density at radius 1 is 1.04 bits per heavy atom. The Bertz CT molecular complexity index is 885. The average molecular weight is 354 g/mol. The van der Waals surface area contributed by atoms with Gasteiger partial charge in [0.05, 0.1) is 4.92 Å². The summed E-state index contributed by atoms with van der Waals surface area (Å²) in [6.07, 6.45) is 4.39. The van der Waals surface area contributed by atoms with Crippen molar-refractivity contribution in [2.75, 3.05) is 0 Å². The molecule has 0 fully saturated rings. The molecular weight excluding hydrogens is 338 g/mol. The summed E-state index contributed by atoms with van der Waals surface area (Å²) in [7, 11) is 0. The van der Waals surface area contributed by atoms with Crippen LogP contribution in [-0.4, -0.2) is 14.9 Å². The van der Waals surface area contributed by atoms with Crippen LogP contribution < -0.4 is 0 Å². The van der Waals surface area contributed by atoms with Crippen molar-refractivity contribution in [3.63, 3.8) is 0 Å². The minimum atomic E-state index is -0.441. The van der Waals surface area contributed by atoms with E-state index in [0.29, 0.717) is 16.5 Å². The van der Waals surface area contributed by atoms with Crippen molar-refractivity contribution in [1.29, 1.82) is 0 Å². The number of aryl methyl sites for hydroxylation is 2. The first kappa shape index (κ1) is 17.0. The van der Waals surface area contributed by atoms with E-state index in [2.05, 4.69) is 22.1 Å². The van der Waals surface area contributed by atoms with E-state index < -0.39 is 4.92 Å². The summed E-state index contributed by atoms with van der Waals surface area (Å²) < 4.78 is 0. The van der Waals surface area contributed by atoms with E-state index in [-0.39, 0.29) is 5.69 Å². The number of non-ortho nitro benzene ring substituents is 1. The highest BCUT2D eigenvalue weighted by Crippen LogP contribution is 2.23. The first-order chi connectivity index (χ1) is 12.1. The van der Waals surface area contributed by atoms with Gasteiger partial charge in [0.1, 0.15) is 5.15 Å². The zero-order chi connectivity index (χ0) is 17.6. The highest BCUT2D eigenvalue weighted by atomic mass is 35.5. The van der Waals surface area contributed by atoms with Crippen molar-refractivity contribution in [3.8, 4) is 11.4 Å². The number of hydrogen-bond acceptors (Lipinski definition) is 4. The highest BCUT2D eigenvalue weighted by Gasteiger charge is 2.11. The van der Waals surface area contributed by atoms with E-state index in [1.54, 1.807) is 18.3 Å². The van der Waals surface area contributed by atoms with Crippen LogP contribution in [-0.2, 0) is 12.8 Å². The maximum Gasteiger partial charge on any atom is 0.270 e. The second-order valence-electron chi connectivity index (χ2n) is 5.66. The van der Waals surface area contributed by atoms with Crippen molar-refractivity contribution in [1.82, 2.24) is 9.97 Å². The summed E-state index contributed by atoms with van der Waals surface area (Å²) in [5, 5.41) is 11.3. The Labute approximate surface area is 150 Å². The van der Waals surface area contributed by atoms with Crippen LogP contribution in [0, 0.1) is 10.1 Å². The van der Waals surface area contributed by atoms with Gasteiger partial charge in [-0.15, -0.1) is 0 Å². The normalized spacial score (nSPS) is 10.6. The number of nitrogens with zero attached hydrogens (tertiary/aromatic N) is 3. The van der Waals surface area contributed by atoms with Gasteiger partial charge < -0.3 is 0 Å². The molecule has 0 unspecified atom stereocenters. The molecule has 3 aromatic rings. The number of rotatable bonds is 6. The van der Waals surface area contributed by atoms with Crippen molar-refractivity contribution in [2.45, 2.75) is 19.3 Å². The van der Waals surface area contributed by atoms with Gasteiger partial charge in [-0.05, 0) is 24.8 Å². The molecule has 0 saturated carbocycles. The lowest BCUT2D eigenvalue weighted by atomic mass is 10.1. The van der Waals surface area contributed by atoms with Crippen LogP contribution in [0.25, 0.3) is 11.4 Å². The predicted molar refractivity (Wildman–Crippen MR) is 97.6 cm³/mol. The third-order valence-corrected chi connectivity index (χ3v) is 4.21. The molecule has 0 aliphatic rings. The molecule has 0 N–H and O–H groups in total. The Hall–Kier alpha value is -2.79. The fourth-order valence-corrected chi connectivity index (χ4v) is 2.80. The summed E-state index contributed by atoms with van der Waals surface area (Å²) in [5.74, 6) is 0.389. The maximum absolute atomic E-state index is 10.9. The lowest BCUT2D eigenvalue weighted by Gasteiger charge is -2.06. The molecule has 0 aliphatic heterocycles. The van der Waals surface area contributed by atoms with Gasteiger partial charge in [-0.1, -0.05) is 54.1 Å². The van der Waals surface area contributed by atoms with E-state index in [4.69, 9.17) is 11.6 Å². The molecule has 6 heteroatoms. The molecule has 0 spiro atoms. The molecule has 3 rings (SSSR count). The maximum atomic E-state index is 10.9. The molecule has 0 aliphatic carbocycles. The van der Waals surface area contributed by atoms with Gasteiger partial charge >= 0.3 is 0 Å². The first-order valence-electron chi connectivity index (χ1n) is 7.93. The second-order valence-corrected chi connectivity index (χ2v) is 6.01. The summed E-state index contributed by atoms with van der Waals surface area (Å²) in [6.45, 7) is 0. The molecule has 0 amide bonds. The number of aromatic nitrogens is 2. The Morgan fingerprint density at radius 2 is 1.84 bits per heavy atom. The van der Waals surface area contributed by atoms with Crippen LogP contribution in [0.15, 0.2) is 60.8 Å². The van der Waals surface area contributed by atoms with Crippen LogP contribution in [0.1, 0.15) is 17.5 Å². The highest BCUT2D eigenvalue weighted by molar-refractivity contribution is 6.30. The Morgan fingerprint density at radius 3 is 2.56 bits per heavy atom. The molecule has 5 nitrogen and oxygen atoms in total. The Balaban J connectivity index is 1.70. The predicted octanol–water partition coefficient (Wildman–Crippen LogP) is 4.88. The standard InChI is InChI=1S/C19H16ClN3O2/c20-18-16(10-4-8-14-6-2-1-3-7-14)13-21-19(22-18)15-9-5-11-17(12-15)23(24)25/h1-3,5-7,9,11-13H,4,8,10H2. The first-order valence-corrected chi connectivity index (χ1v) is 8.31. The van der Waals surface area contributed by atoms with Crippen LogP contribution in [0.5, 0.6) is 0 Å². The topological polar surface area (TPSA) is 68.9 Å². The van der Waals surface area contributed by atoms with Gasteiger partial charge in [0.15, 0.2) is 5.82 Å². The zero-order valence-electron chi connectivity index (χ0n) is 13.4. The summed E-state index contributed by atoms with van der Waals surface area (Å²) >= 11 is 6.28. The SMILES string of the molecule is O=[N+]([O-])c1cccc(-c2ncc(CCCc3ccccc3)c(Cl)n2)c1. The molecule has 2 aromatic carbocycles. The molecular formula is C19H16ClN3O2. The number of hydrogen-bond donors (Lipinski definition) is 0. The van der Waals surface area contributed by atoms with Crippen molar-refractivity contribution in [2.24, 2.45) is 0 Å². The third-order valence-electron chi connectivity index (χ3n) is 3.88. The van der Waals surface area contributed by atoms with Crippen molar-refractivity contribution in [3.05, 3.63) is 87.2 Å².